The second-order valence-corrected chi connectivity index (χ2v) is 6.55. The molecule has 0 spiro atoms. The number of hydrogen-bond acceptors (Lipinski definition) is 1. The maximum Gasteiger partial charge on any atom is 0.147 e. The Bertz CT molecular complexity index is 571. The number of anilines is 1. The summed E-state index contributed by atoms with van der Waals surface area (Å²) in [7, 11) is 0. The smallest absolute Gasteiger partial charge is 0.147 e. The Balaban J connectivity index is 1.62. The van der Waals surface area contributed by atoms with E-state index in [0.717, 1.165) is 30.2 Å². The summed E-state index contributed by atoms with van der Waals surface area (Å²) < 4.78 is 14.7. The molecule has 21 heavy (non-hydrogen) atoms. The first-order chi connectivity index (χ1) is 10.2. The largest absolute Gasteiger partial charge is 0.379 e. The summed E-state index contributed by atoms with van der Waals surface area (Å²) in [6.07, 6.45) is 4.49. The van der Waals surface area contributed by atoms with Gasteiger partial charge in [-0.25, -0.2) is 4.39 Å². The molecule has 0 bridgehead atoms. The van der Waals surface area contributed by atoms with Crippen molar-refractivity contribution < 1.29 is 4.39 Å². The van der Waals surface area contributed by atoms with Gasteiger partial charge in [0, 0.05) is 10.5 Å². The zero-order valence-electron chi connectivity index (χ0n) is 11.9. The summed E-state index contributed by atoms with van der Waals surface area (Å²) in [4.78, 5) is 0. The van der Waals surface area contributed by atoms with E-state index in [4.69, 9.17) is 0 Å². The van der Waals surface area contributed by atoms with E-state index in [-0.39, 0.29) is 5.82 Å². The van der Waals surface area contributed by atoms with Crippen molar-refractivity contribution in [2.45, 2.75) is 37.6 Å². The molecule has 0 saturated heterocycles. The fourth-order valence-corrected chi connectivity index (χ4v) is 3.59. The minimum absolute atomic E-state index is 0.186. The van der Waals surface area contributed by atoms with Gasteiger partial charge in [0.1, 0.15) is 5.82 Å². The summed E-state index contributed by atoms with van der Waals surface area (Å²) >= 11 is 3.42. The summed E-state index contributed by atoms with van der Waals surface area (Å²) in [5.74, 6) is 0.461. The van der Waals surface area contributed by atoms with Gasteiger partial charge in [-0.15, -0.1) is 0 Å². The third-order valence-corrected chi connectivity index (χ3v) is 4.97. The van der Waals surface area contributed by atoms with E-state index in [1.54, 1.807) is 6.07 Å². The number of hydrogen-bond donors (Lipinski definition) is 1. The highest BCUT2D eigenvalue weighted by Crippen LogP contribution is 2.35. The molecule has 1 aliphatic carbocycles. The predicted molar refractivity (Wildman–Crippen MR) is 89.2 cm³/mol. The molecule has 1 N–H and O–H groups in total. The van der Waals surface area contributed by atoms with Gasteiger partial charge >= 0.3 is 0 Å². The summed E-state index contributed by atoms with van der Waals surface area (Å²) in [5, 5.41) is 3.37. The molecule has 0 atom stereocenters. The normalized spacial score (nSPS) is 22.0. The minimum atomic E-state index is -0.186. The maximum atomic E-state index is 13.9. The van der Waals surface area contributed by atoms with Crippen LogP contribution >= 0.6 is 15.9 Å². The molecule has 1 aliphatic rings. The summed E-state index contributed by atoms with van der Waals surface area (Å²) in [6, 6.07) is 16.2. The topological polar surface area (TPSA) is 12.0 Å². The number of rotatable bonds is 3. The van der Waals surface area contributed by atoms with Crippen molar-refractivity contribution in [2.75, 3.05) is 5.32 Å². The Morgan fingerprint density at radius 3 is 2.29 bits per heavy atom. The first-order valence-corrected chi connectivity index (χ1v) is 8.29. The molecule has 1 nitrogen and oxygen atoms in total. The highest BCUT2D eigenvalue weighted by atomic mass is 79.9. The van der Waals surface area contributed by atoms with Crippen LogP contribution in [0.3, 0.4) is 0 Å². The molecule has 3 heteroatoms. The van der Waals surface area contributed by atoms with Gasteiger partial charge in [-0.2, -0.15) is 0 Å². The number of nitrogens with one attached hydrogen (secondary N) is 1. The Morgan fingerprint density at radius 1 is 0.905 bits per heavy atom. The van der Waals surface area contributed by atoms with Crippen LogP contribution in [0.1, 0.15) is 37.2 Å². The lowest BCUT2D eigenvalue weighted by Gasteiger charge is -2.30. The molecule has 0 radical (unpaired) electrons. The van der Waals surface area contributed by atoms with E-state index in [1.807, 2.05) is 6.07 Å². The van der Waals surface area contributed by atoms with Crippen LogP contribution in [0.25, 0.3) is 0 Å². The first-order valence-electron chi connectivity index (χ1n) is 7.49. The van der Waals surface area contributed by atoms with Crippen LogP contribution < -0.4 is 5.32 Å². The van der Waals surface area contributed by atoms with E-state index in [2.05, 4.69) is 51.6 Å². The maximum absolute atomic E-state index is 13.9. The van der Waals surface area contributed by atoms with Gasteiger partial charge < -0.3 is 5.32 Å². The quantitative estimate of drug-likeness (QED) is 0.747. The van der Waals surface area contributed by atoms with Crippen molar-refractivity contribution in [3.05, 3.63) is 64.4 Å². The molecule has 0 unspecified atom stereocenters. The molecule has 0 aliphatic heterocycles. The lowest BCUT2D eigenvalue weighted by molar-refractivity contribution is 0.411. The summed E-state index contributed by atoms with van der Waals surface area (Å²) in [5.41, 5.74) is 2.03. The van der Waals surface area contributed by atoms with Crippen LogP contribution in [0.15, 0.2) is 53.0 Å². The van der Waals surface area contributed by atoms with Gasteiger partial charge in [0.2, 0.25) is 0 Å². The van der Waals surface area contributed by atoms with E-state index < -0.39 is 0 Å². The third kappa shape index (κ3) is 3.46. The molecular formula is C18H19BrFN. The standard InChI is InChI=1S/C18H19BrFN/c19-16-7-4-8-17(20)18(16)21-15-11-9-14(10-12-15)13-5-2-1-3-6-13/h1-8,14-15,21H,9-12H2. The summed E-state index contributed by atoms with van der Waals surface area (Å²) in [6.45, 7) is 0. The molecule has 1 fully saturated rings. The fraction of sp³-hybridized carbons (Fsp3) is 0.333. The van der Waals surface area contributed by atoms with Crippen LogP contribution in [-0.2, 0) is 0 Å². The van der Waals surface area contributed by atoms with Crippen molar-refractivity contribution in [1.82, 2.24) is 0 Å². The van der Waals surface area contributed by atoms with Crippen molar-refractivity contribution in [1.29, 1.82) is 0 Å². The van der Waals surface area contributed by atoms with E-state index in [1.165, 1.54) is 11.6 Å². The van der Waals surface area contributed by atoms with Crippen molar-refractivity contribution >= 4 is 21.6 Å². The molecular weight excluding hydrogens is 329 g/mol. The molecule has 2 aromatic carbocycles. The Labute approximate surface area is 133 Å². The van der Waals surface area contributed by atoms with Crippen molar-refractivity contribution in [2.24, 2.45) is 0 Å². The van der Waals surface area contributed by atoms with Crippen molar-refractivity contribution in [3.8, 4) is 0 Å². The van der Waals surface area contributed by atoms with Crippen LogP contribution in [0.2, 0.25) is 0 Å². The molecule has 1 saturated carbocycles. The van der Waals surface area contributed by atoms with Gasteiger partial charge in [-0.05, 0) is 65.2 Å². The van der Waals surface area contributed by atoms with Crippen LogP contribution in [0.4, 0.5) is 10.1 Å². The Kier molecular flexibility index (Phi) is 4.59. The zero-order chi connectivity index (χ0) is 14.7. The van der Waals surface area contributed by atoms with Crippen LogP contribution in [-0.4, -0.2) is 6.04 Å². The molecule has 0 aromatic heterocycles. The first kappa shape index (κ1) is 14.6. The van der Waals surface area contributed by atoms with E-state index >= 15 is 0 Å². The van der Waals surface area contributed by atoms with Gasteiger partial charge in [-0.3, -0.25) is 0 Å². The Morgan fingerprint density at radius 2 is 1.62 bits per heavy atom. The highest BCUT2D eigenvalue weighted by molar-refractivity contribution is 9.10. The van der Waals surface area contributed by atoms with Gasteiger partial charge in [-0.1, -0.05) is 36.4 Å². The zero-order valence-corrected chi connectivity index (χ0v) is 13.4. The SMILES string of the molecule is Fc1cccc(Br)c1NC1CCC(c2ccccc2)CC1. The van der Waals surface area contributed by atoms with E-state index in [9.17, 15) is 4.39 Å². The second kappa shape index (κ2) is 6.61. The molecule has 2 aromatic rings. The highest BCUT2D eigenvalue weighted by Gasteiger charge is 2.23. The fourth-order valence-electron chi connectivity index (χ4n) is 3.14. The molecule has 0 amide bonds. The van der Waals surface area contributed by atoms with Crippen LogP contribution in [0, 0.1) is 5.82 Å². The van der Waals surface area contributed by atoms with Gasteiger partial charge in [0.05, 0.1) is 5.69 Å². The molecule has 110 valence electrons. The second-order valence-electron chi connectivity index (χ2n) is 5.70. The van der Waals surface area contributed by atoms with Gasteiger partial charge in [0.15, 0.2) is 0 Å². The predicted octanol–water partition coefficient (Wildman–Crippen LogP) is 5.73. The molecule has 0 heterocycles. The minimum Gasteiger partial charge on any atom is -0.379 e. The van der Waals surface area contributed by atoms with Crippen molar-refractivity contribution in [3.63, 3.8) is 0 Å². The monoisotopic (exact) mass is 347 g/mol. The Hall–Kier alpha value is -1.35. The van der Waals surface area contributed by atoms with E-state index in [0.29, 0.717) is 17.6 Å². The number of halogens is 2. The average molecular weight is 348 g/mol. The number of para-hydroxylation sites is 1. The van der Waals surface area contributed by atoms with Crippen LogP contribution in [0.5, 0.6) is 0 Å². The lowest BCUT2D eigenvalue weighted by atomic mass is 9.82. The third-order valence-electron chi connectivity index (χ3n) is 4.31. The number of benzene rings is 2. The average Bonchev–Trinajstić information content (AvgIpc) is 2.53. The van der Waals surface area contributed by atoms with Gasteiger partial charge in [0.25, 0.3) is 0 Å². The lowest BCUT2D eigenvalue weighted by Crippen LogP contribution is -2.26. The molecule has 3 rings (SSSR count).